The minimum Gasteiger partial charge on any atom is -0.481 e. The molecule has 5 heterocycles. The Morgan fingerprint density at radius 1 is 0.868 bits per heavy atom. The lowest BCUT2D eigenvalue weighted by Crippen LogP contribution is -2.35. The zero-order chi connectivity index (χ0) is 36.6. The number of hydrogen-bond acceptors (Lipinski definition) is 10. The second-order valence-corrected chi connectivity index (χ2v) is 14.4. The second-order valence-electron chi connectivity index (χ2n) is 14.4. The van der Waals surface area contributed by atoms with Crippen LogP contribution in [0.2, 0.25) is 0 Å². The van der Waals surface area contributed by atoms with Crippen LogP contribution < -0.4 is 5.32 Å². The van der Waals surface area contributed by atoms with Gasteiger partial charge in [-0.15, -0.1) is 0 Å². The number of aliphatic carboxylic acids is 1. The number of pyridine rings is 1. The molecular formula is C42H42N8O3. The van der Waals surface area contributed by atoms with Crippen molar-refractivity contribution in [2.75, 3.05) is 31.5 Å². The molecule has 0 unspecified atom stereocenters. The van der Waals surface area contributed by atoms with Crippen molar-refractivity contribution in [3.8, 4) is 28.7 Å². The van der Waals surface area contributed by atoms with E-state index in [1.165, 1.54) is 12.8 Å². The number of carboxylic acids is 1. The van der Waals surface area contributed by atoms with Gasteiger partial charge in [-0.1, -0.05) is 24.3 Å². The maximum atomic E-state index is 11.4. The minimum absolute atomic E-state index is 0.290. The van der Waals surface area contributed by atoms with E-state index >= 15 is 0 Å². The minimum atomic E-state index is -0.725. The van der Waals surface area contributed by atoms with E-state index in [0.717, 1.165) is 75.3 Å². The van der Waals surface area contributed by atoms with Gasteiger partial charge in [0.15, 0.2) is 11.4 Å². The first-order valence-electron chi connectivity index (χ1n) is 18.4. The third-order valence-corrected chi connectivity index (χ3v) is 10.8. The van der Waals surface area contributed by atoms with Gasteiger partial charge in [0.05, 0.1) is 17.0 Å². The van der Waals surface area contributed by atoms with Crippen LogP contribution in [0.15, 0.2) is 65.2 Å². The highest BCUT2D eigenvalue weighted by Crippen LogP contribution is 2.38. The average molecular weight is 707 g/mol. The smallest absolute Gasteiger partial charge is 0.306 e. The first-order valence-corrected chi connectivity index (χ1v) is 18.4. The molecule has 0 aliphatic carbocycles. The fourth-order valence-electron chi connectivity index (χ4n) is 7.88. The third kappa shape index (κ3) is 6.95. The fraction of sp³-hybridized carbons (Fsp3) is 0.333. The molecule has 0 saturated carbocycles. The molecule has 3 aromatic carbocycles. The maximum absolute atomic E-state index is 11.4. The number of aromatic nitrogens is 4. The molecule has 11 nitrogen and oxygen atoms in total. The summed E-state index contributed by atoms with van der Waals surface area (Å²) in [6.07, 6.45) is 5.69. The molecule has 2 aliphatic heterocycles. The van der Waals surface area contributed by atoms with E-state index in [0.29, 0.717) is 66.7 Å². The summed E-state index contributed by atoms with van der Waals surface area (Å²) in [6, 6.07) is 20.6. The van der Waals surface area contributed by atoms with Crippen molar-refractivity contribution in [1.82, 2.24) is 29.7 Å². The molecule has 2 saturated heterocycles. The molecule has 6 aromatic rings. The molecule has 0 radical (unpaired) electrons. The summed E-state index contributed by atoms with van der Waals surface area (Å²) in [5.74, 6) is 0.802. The van der Waals surface area contributed by atoms with Gasteiger partial charge in [0.2, 0.25) is 5.89 Å². The van der Waals surface area contributed by atoms with Gasteiger partial charge in [0.25, 0.3) is 0 Å². The molecule has 0 atom stereocenters. The van der Waals surface area contributed by atoms with Crippen LogP contribution in [0.4, 0.5) is 11.5 Å². The standard InChI is InChI=1S/C42H42N8O3/c1-25-32(8-6-10-34(25)41-48-37-19-28(18-31(21-43)39(37)53-41)23-50-16-12-30(13-17-50)42(51)52)33-9-7-11-35(26(33)2)47-40-38-36(45-27(3)46-40)20-29(22-44-38)24-49-14-4-5-15-49/h6-11,18-20,22,30H,4-5,12-17,23-24H2,1-3H3,(H,51,52)(H,45,46,47). The van der Waals surface area contributed by atoms with Crippen LogP contribution in [-0.2, 0) is 17.9 Å². The number of nitrogens with one attached hydrogen (secondary N) is 1. The van der Waals surface area contributed by atoms with Gasteiger partial charge < -0.3 is 14.8 Å². The number of nitriles is 1. The molecule has 268 valence electrons. The van der Waals surface area contributed by atoms with Crippen LogP contribution in [0.5, 0.6) is 0 Å². The number of piperidine rings is 1. The van der Waals surface area contributed by atoms with Crippen LogP contribution in [0.25, 0.3) is 44.7 Å². The first kappa shape index (κ1) is 34.4. The van der Waals surface area contributed by atoms with Crippen molar-refractivity contribution in [3.63, 3.8) is 0 Å². The summed E-state index contributed by atoms with van der Waals surface area (Å²) in [7, 11) is 0. The Balaban J connectivity index is 1.07. The van der Waals surface area contributed by atoms with E-state index < -0.39 is 5.97 Å². The van der Waals surface area contributed by atoms with Gasteiger partial charge >= 0.3 is 5.97 Å². The fourth-order valence-corrected chi connectivity index (χ4v) is 7.88. The lowest BCUT2D eigenvalue weighted by molar-refractivity contribution is -0.143. The number of likely N-dealkylation sites (tertiary alicyclic amines) is 2. The molecular weight excluding hydrogens is 665 g/mol. The number of aryl methyl sites for hydroxylation is 1. The van der Waals surface area contributed by atoms with E-state index in [4.69, 9.17) is 24.4 Å². The summed E-state index contributed by atoms with van der Waals surface area (Å²) < 4.78 is 6.31. The number of rotatable bonds is 9. The number of benzene rings is 3. The van der Waals surface area contributed by atoms with Crippen LogP contribution >= 0.6 is 0 Å². The van der Waals surface area contributed by atoms with Crippen LogP contribution in [0, 0.1) is 38.0 Å². The topological polar surface area (TPSA) is 144 Å². The van der Waals surface area contributed by atoms with Gasteiger partial charge in [-0.3, -0.25) is 19.6 Å². The summed E-state index contributed by atoms with van der Waals surface area (Å²) in [6.45, 7) is 11.3. The molecule has 2 N–H and O–H groups in total. The Morgan fingerprint density at radius 3 is 2.30 bits per heavy atom. The lowest BCUT2D eigenvalue weighted by Gasteiger charge is -2.30. The normalized spacial score (nSPS) is 15.7. The Hall–Kier alpha value is -5.70. The largest absolute Gasteiger partial charge is 0.481 e. The van der Waals surface area contributed by atoms with Gasteiger partial charge in [0.1, 0.15) is 22.9 Å². The van der Waals surface area contributed by atoms with E-state index in [2.05, 4.69) is 59.3 Å². The van der Waals surface area contributed by atoms with Crippen molar-refractivity contribution in [3.05, 3.63) is 94.4 Å². The highest BCUT2D eigenvalue weighted by Gasteiger charge is 2.25. The molecule has 2 fully saturated rings. The van der Waals surface area contributed by atoms with Gasteiger partial charge in [-0.25, -0.2) is 15.0 Å². The first-order chi connectivity index (χ1) is 25.7. The van der Waals surface area contributed by atoms with E-state index in [-0.39, 0.29) is 5.92 Å². The summed E-state index contributed by atoms with van der Waals surface area (Å²) >= 11 is 0. The number of anilines is 2. The Kier molecular flexibility index (Phi) is 9.33. The quantitative estimate of drug-likeness (QED) is 0.151. The zero-order valence-corrected chi connectivity index (χ0v) is 30.3. The SMILES string of the molecule is Cc1nc(Nc2cccc(-c3cccc(-c4nc5cc(CN6CCC(C(=O)O)CC6)cc(C#N)c5o4)c3C)c2C)c2ncc(CN3CCCC3)cc2n1. The number of nitrogens with zero attached hydrogens (tertiary/aromatic N) is 7. The number of carbonyl (C=O) groups is 1. The number of hydrogen-bond donors (Lipinski definition) is 2. The van der Waals surface area contributed by atoms with Gasteiger partial charge in [-0.2, -0.15) is 5.26 Å². The predicted molar refractivity (Wildman–Crippen MR) is 205 cm³/mol. The molecule has 0 spiro atoms. The highest BCUT2D eigenvalue weighted by atomic mass is 16.4. The van der Waals surface area contributed by atoms with Crippen LogP contribution in [0.1, 0.15) is 59.3 Å². The van der Waals surface area contributed by atoms with E-state index in [1.54, 1.807) is 0 Å². The highest BCUT2D eigenvalue weighted by molar-refractivity contribution is 5.89. The number of fused-ring (bicyclic) bond motifs is 2. The molecule has 2 aliphatic rings. The molecule has 11 heteroatoms. The third-order valence-electron chi connectivity index (χ3n) is 10.8. The maximum Gasteiger partial charge on any atom is 0.306 e. The van der Waals surface area contributed by atoms with Crippen molar-refractivity contribution in [2.45, 2.75) is 59.5 Å². The summed E-state index contributed by atoms with van der Waals surface area (Å²) in [5.41, 5.74) is 11.2. The Labute approximate surface area is 308 Å². The van der Waals surface area contributed by atoms with Crippen LogP contribution in [-0.4, -0.2) is 67.0 Å². The number of carboxylic acid groups (broad SMARTS) is 1. The Morgan fingerprint density at radius 2 is 1.55 bits per heavy atom. The molecule has 0 bridgehead atoms. The van der Waals surface area contributed by atoms with Crippen molar-refractivity contribution in [1.29, 1.82) is 5.26 Å². The van der Waals surface area contributed by atoms with Crippen molar-refractivity contribution in [2.24, 2.45) is 5.92 Å². The lowest BCUT2D eigenvalue weighted by atomic mass is 9.93. The van der Waals surface area contributed by atoms with Gasteiger partial charge in [0, 0.05) is 30.5 Å². The summed E-state index contributed by atoms with van der Waals surface area (Å²) in [4.78, 5) is 35.3. The predicted octanol–water partition coefficient (Wildman–Crippen LogP) is 7.93. The average Bonchev–Trinajstić information content (AvgIpc) is 3.83. The van der Waals surface area contributed by atoms with Crippen molar-refractivity contribution < 1.29 is 14.3 Å². The van der Waals surface area contributed by atoms with E-state index in [9.17, 15) is 15.2 Å². The zero-order valence-electron chi connectivity index (χ0n) is 30.3. The monoisotopic (exact) mass is 706 g/mol. The van der Waals surface area contributed by atoms with Crippen LogP contribution in [0.3, 0.4) is 0 Å². The van der Waals surface area contributed by atoms with E-state index in [1.807, 2.05) is 43.5 Å². The molecule has 53 heavy (non-hydrogen) atoms. The summed E-state index contributed by atoms with van der Waals surface area (Å²) in [5, 5.41) is 23.0. The van der Waals surface area contributed by atoms with Crippen molar-refractivity contribution >= 4 is 39.6 Å². The van der Waals surface area contributed by atoms with Gasteiger partial charge in [-0.05, 0) is 136 Å². The molecule has 3 aromatic heterocycles. The second kappa shape index (κ2) is 14.4. The Bertz CT molecular complexity index is 2400. The molecule has 8 rings (SSSR count). The molecule has 0 amide bonds. The number of oxazole rings is 1.